The smallest absolute Gasteiger partial charge is 0.337 e. The maximum Gasteiger partial charge on any atom is 0.337 e. The molecule has 0 aliphatic rings. The first-order valence-electron chi connectivity index (χ1n) is 9.20. The predicted octanol–water partition coefficient (Wildman–Crippen LogP) is 4.56. The van der Waals surface area contributed by atoms with Crippen LogP contribution in [0, 0.1) is 0 Å². The standard InChI is InChI=1S/C24H18N2O4/c1-29-24(28)18-5-2-4-17(12-18)20-13-19(14-21(26-20)22-6-3-11-30-22)15-7-9-16(10-8-15)23(25)27/h2-14H,1H3,(H2,25,27). The molecule has 2 N–H and O–H groups in total. The van der Waals surface area contributed by atoms with Crippen LogP contribution in [0.1, 0.15) is 20.7 Å². The van der Waals surface area contributed by atoms with Crippen LogP contribution >= 0.6 is 0 Å². The molecule has 0 fully saturated rings. The fourth-order valence-corrected chi connectivity index (χ4v) is 3.15. The summed E-state index contributed by atoms with van der Waals surface area (Å²) in [6, 6.07) is 21.6. The largest absolute Gasteiger partial charge is 0.465 e. The van der Waals surface area contributed by atoms with Gasteiger partial charge in [0, 0.05) is 11.1 Å². The third kappa shape index (κ3) is 3.84. The second-order valence-electron chi connectivity index (χ2n) is 6.62. The molecule has 2 heterocycles. The van der Waals surface area contributed by atoms with Crippen molar-refractivity contribution in [1.82, 2.24) is 4.98 Å². The van der Waals surface area contributed by atoms with Crippen molar-refractivity contribution in [3.63, 3.8) is 0 Å². The molecule has 4 aromatic rings. The molecule has 6 heteroatoms. The number of nitrogens with two attached hydrogens (primary N) is 1. The van der Waals surface area contributed by atoms with Gasteiger partial charge >= 0.3 is 5.97 Å². The minimum atomic E-state index is -0.479. The second kappa shape index (κ2) is 8.05. The first-order valence-corrected chi connectivity index (χ1v) is 9.20. The fraction of sp³-hybridized carbons (Fsp3) is 0.0417. The number of esters is 1. The number of methoxy groups -OCH3 is 1. The molecule has 1 amide bonds. The van der Waals surface area contributed by atoms with Gasteiger partial charge in [-0.25, -0.2) is 9.78 Å². The topological polar surface area (TPSA) is 95.4 Å². The van der Waals surface area contributed by atoms with Crippen molar-refractivity contribution in [3.05, 3.63) is 90.2 Å². The third-order valence-corrected chi connectivity index (χ3v) is 4.68. The Kier molecular flexibility index (Phi) is 5.13. The Bertz CT molecular complexity index is 1210. The van der Waals surface area contributed by atoms with Gasteiger partial charge in [0.1, 0.15) is 5.69 Å². The van der Waals surface area contributed by atoms with Gasteiger partial charge in [-0.1, -0.05) is 24.3 Å². The molecule has 0 saturated heterocycles. The summed E-state index contributed by atoms with van der Waals surface area (Å²) in [5, 5.41) is 0. The van der Waals surface area contributed by atoms with Gasteiger partial charge in [-0.3, -0.25) is 4.79 Å². The highest BCUT2D eigenvalue weighted by atomic mass is 16.5. The summed E-state index contributed by atoms with van der Waals surface area (Å²) >= 11 is 0. The van der Waals surface area contributed by atoms with E-state index in [1.54, 1.807) is 42.7 Å². The molecule has 0 unspecified atom stereocenters. The third-order valence-electron chi connectivity index (χ3n) is 4.68. The zero-order valence-electron chi connectivity index (χ0n) is 16.2. The molecule has 0 atom stereocenters. The number of primary amides is 1. The number of furan rings is 1. The average molecular weight is 398 g/mol. The molecule has 2 aromatic carbocycles. The number of nitrogens with zero attached hydrogens (tertiary/aromatic N) is 1. The van der Waals surface area contributed by atoms with Crippen LogP contribution in [-0.2, 0) is 4.74 Å². The molecule has 6 nitrogen and oxygen atoms in total. The van der Waals surface area contributed by atoms with Crippen molar-refractivity contribution < 1.29 is 18.7 Å². The summed E-state index contributed by atoms with van der Waals surface area (Å²) in [6.45, 7) is 0. The van der Waals surface area contributed by atoms with E-state index in [-0.39, 0.29) is 0 Å². The van der Waals surface area contributed by atoms with Crippen LogP contribution in [0.2, 0.25) is 0 Å². The number of ether oxygens (including phenoxy) is 1. The highest BCUT2D eigenvalue weighted by Crippen LogP contribution is 2.31. The Morgan fingerprint density at radius 1 is 0.833 bits per heavy atom. The Labute approximate surface area is 172 Å². The monoisotopic (exact) mass is 398 g/mol. The number of carbonyl (C=O) groups is 2. The van der Waals surface area contributed by atoms with E-state index in [2.05, 4.69) is 0 Å². The predicted molar refractivity (Wildman–Crippen MR) is 113 cm³/mol. The maximum atomic E-state index is 11.9. The van der Waals surface area contributed by atoms with Crippen LogP contribution in [0.5, 0.6) is 0 Å². The van der Waals surface area contributed by atoms with Crippen LogP contribution in [0.25, 0.3) is 33.8 Å². The lowest BCUT2D eigenvalue weighted by Gasteiger charge is -2.10. The van der Waals surface area contributed by atoms with E-state index in [1.165, 1.54) is 7.11 Å². The highest BCUT2D eigenvalue weighted by molar-refractivity contribution is 5.93. The minimum Gasteiger partial charge on any atom is -0.465 e. The lowest BCUT2D eigenvalue weighted by Crippen LogP contribution is -2.10. The molecule has 0 radical (unpaired) electrons. The lowest BCUT2D eigenvalue weighted by molar-refractivity contribution is 0.0600. The fourth-order valence-electron chi connectivity index (χ4n) is 3.15. The molecule has 30 heavy (non-hydrogen) atoms. The maximum absolute atomic E-state index is 11.9. The van der Waals surface area contributed by atoms with Crippen molar-refractivity contribution in [3.8, 4) is 33.8 Å². The summed E-state index contributed by atoms with van der Waals surface area (Å²) in [5.74, 6) is -0.273. The number of benzene rings is 2. The van der Waals surface area contributed by atoms with Crippen LogP contribution in [0.3, 0.4) is 0 Å². The van der Waals surface area contributed by atoms with Gasteiger partial charge in [-0.15, -0.1) is 0 Å². The number of carbonyl (C=O) groups excluding carboxylic acids is 2. The van der Waals surface area contributed by atoms with Crippen molar-refractivity contribution in [1.29, 1.82) is 0 Å². The Morgan fingerprint density at radius 2 is 1.60 bits per heavy atom. The first kappa shape index (κ1) is 19.1. The highest BCUT2D eigenvalue weighted by Gasteiger charge is 2.13. The molecule has 2 aromatic heterocycles. The van der Waals surface area contributed by atoms with Crippen LogP contribution in [0.15, 0.2) is 83.5 Å². The Hall–Kier alpha value is -4.19. The molecule has 0 spiro atoms. The molecule has 0 saturated carbocycles. The molecular formula is C24H18N2O4. The van der Waals surface area contributed by atoms with E-state index in [0.717, 1.165) is 16.7 Å². The van der Waals surface area contributed by atoms with Gasteiger partial charge in [-0.2, -0.15) is 0 Å². The van der Waals surface area contributed by atoms with Crippen molar-refractivity contribution >= 4 is 11.9 Å². The molecule has 4 rings (SSSR count). The first-order chi connectivity index (χ1) is 14.5. The van der Waals surface area contributed by atoms with Crippen LogP contribution in [0.4, 0.5) is 0 Å². The van der Waals surface area contributed by atoms with Gasteiger partial charge in [0.15, 0.2) is 5.76 Å². The van der Waals surface area contributed by atoms with Crippen LogP contribution in [-0.4, -0.2) is 24.0 Å². The number of amides is 1. The zero-order valence-corrected chi connectivity index (χ0v) is 16.2. The van der Waals surface area contributed by atoms with E-state index in [1.807, 2.05) is 36.4 Å². The van der Waals surface area contributed by atoms with E-state index in [4.69, 9.17) is 19.9 Å². The normalized spacial score (nSPS) is 10.6. The summed E-state index contributed by atoms with van der Waals surface area (Å²) in [4.78, 5) is 28.0. The minimum absolute atomic E-state index is 0.415. The Morgan fingerprint density at radius 3 is 2.27 bits per heavy atom. The summed E-state index contributed by atoms with van der Waals surface area (Å²) in [7, 11) is 1.35. The van der Waals surface area contributed by atoms with Crippen LogP contribution < -0.4 is 5.73 Å². The van der Waals surface area contributed by atoms with Crippen molar-refractivity contribution in [2.24, 2.45) is 5.73 Å². The number of aromatic nitrogens is 1. The van der Waals surface area contributed by atoms with E-state index < -0.39 is 11.9 Å². The van der Waals surface area contributed by atoms with Crippen molar-refractivity contribution in [2.75, 3.05) is 7.11 Å². The SMILES string of the molecule is COC(=O)c1cccc(-c2cc(-c3ccc(C(N)=O)cc3)cc(-c3ccco3)n2)c1. The number of rotatable bonds is 5. The number of hydrogen-bond acceptors (Lipinski definition) is 5. The van der Waals surface area contributed by atoms with Gasteiger partial charge in [0.25, 0.3) is 0 Å². The Balaban J connectivity index is 1.85. The summed E-state index contributed by atoms with van der Waals surface area (Å²) in [6.07, 6.45) is 1.59. The van der Waals surface area contributed by atoms with Crippen molar-refractivity contribution in [2.45, 2.75) is 0 Å². The van der Waals surface area contributed by atoms with Gasteiger partial charge in [0.05, 0.1) is 24.6 Å². The summed E-state index contributed by atoms with van der Waals surface area (Å²) in [5.41, 5.74) is 10.1. The van der Waals surface area contributed by atoms with Gasteiger partial charge < -0.3 is 14.9 Å². The van der Waals surface area contributed by atoms with Gasteiger partial charge in [-0.05, 0) is 59.7 Å². The molecule has 148 valence electrons. The number of pyridine rings is 1. The van der Waals surface area contributed by atoms with E-state index >= 15 is 0 Å². The van der Waals surface area contributed by atoms with E-state index in [0.29, 0.717) is 28.3 Å². The second-order valence-corrected chi connectivity index (χ2v) is 6.62. The molecule has 0 bridgehead atoms. The lowest BCUT2D eigenvalue weighted by atomic mass is 9.99. The van der Waals surface area contributed by atoms with Gasteiger partial charge in [0.2, 0.25) is 5.91 Å². The molecular weight excluding hydrogens is 380 g/mol. The average Bonchev–Trinajstić information content (AvgIpc) is 3.33. The zero-order chi connectivity index (χ0) is 21.1. The molecule has 0 aliphatic carbocycles. The number of hydrogen-bond donors (Lipinski definition) is 1. The molecule has 0 aliphatic heterocycles. The summed E-state index contributed by atoms with van der Waals surface area (Å²) < 4.78 is 10.4. The van der Waals surface area contributed by atoms with E-state index in [9.17, 15) is 9.59 Å². The quantitative estimate of drug-likeness (QED) is 0.497.